The summed E-state index contributed by atoms with van der Waals surface area (Å²) in [6.45, 7) is 2.38. The zero-order valence-electron chi connectivity index (χ0n) is 22.1. The van der Waals surface area contributed by atoms with Gasteiger partial charge in [0.2, 0.25) is 17.8 Å². The number of piperidine rings is 1. The predicted octanol–water partition coefficient (Wildman–Crippen LogP) is 1.71. The van der Waals surface area contributed by atoms with E-state index >= 15 is 0 Å². The SMILES string of the molecule is CN(C)CC(=O)N1CCCC(NC(=O)[C@@H]2CCCN2c2nc(Nc3cc(C4CC4)[nH]n3)c3cccn3n2)C1. The highest BCUT2D eigenvalue weighted by Crippen LogP contribution is 2.39. The first-order valence-electron chi connectivity index (χ1n) is 13.6. The van der Waals surface area contributed by atoms with Crippen LogP contribution in [0.5, 0.6) is 0 Å². The highest BCUT2D eigenvalue weighted by molar-refractivity contribution is 5.86. The molecular weight excluding hydrogens is 484 g/mol. The number of amides is 2. The van der Waals surface area contributed by atoms with Gasteiger partial charge in [-0.25, -0.2) is 4.52 Å². The Labute approximate surface area is 221 Å². The zero-order chi connectivity index (χ0) is 26.2. The Morgan fingerprint density at radius 3 is 2.82 bits per heavy atom. The van der Waals surface area contributed by atoms with Crippen LogP contribution in [-0.4, -0.2) is 98.8 Å². The van der Waals surface area contributed by atoms with Crippen molar-refractivity contribution < 1.29 is 9.59 Å². The molecule has 2 atom stereocenters. The molecule has 2 aliphatic heterocycles. The average Bonchev–Trinajstić information content (AvgIpc) is 3.26. The number of nitrogens with one attached hydrogen (secondary N) is 3. The molecular formula is C26H36N10O2. The summed E-state index contributed by atoms with van der Waals surface area (Å²) in [7, 11) is 3.79. The van der Waals surface area contributed by atoms with Gasteiger partial charge < -0.3 is 25.3 Å². The third-order valence-corrected chi connectivity index (χ3v) is 7.63. The normalized spacial score (nSPS) is 21.9. The van der Waals surface area contributed by atoms with E-state index in [1.807, 2.05) is 53.2 Å². The largest absolute Gasteiger partial charge is 0.350 e. The number of nitrogens with zero attached hydrogens (tertiary/aromatic N) is 7. The fourth-order valence-corrected chi connectivity index (χ4v) is 5.53. The third kappa shape index (κ3) is 5.17. The summed E-state index contributed by atoms with van der Waals surface area (Å²) < 4.78 is 1.79. The molecule has 1 saturated carbocycles. The van der Waals surface area contributed by atoms with E-state index in [1.165, 1.54) is 12.8 Å². The van der Waals surface area contributed by atoms with Crippen molar-refractivity contribution in [2.45, 2.75) is 56.5 Å². The van der Waals surface area contributed by atoms with Crippen LogP contribution in [0.3, 0.4) is 0 Å². The molecule has 1 aliphatic carbocycles. The van der Waals surface area contributed by atoms with E-state index in [0.29, 0.717) is 37.3 Å². The summed E-state index contributed by atoms with van der Waals surface area (Å²) in [6.07, 6.45) is 7.67. The van der Waals surface area contributed by atoms with E-state index in [2.05, 4.69) is 20.8 Å². The molecule has 5 heterocycles. The molecule has 6 rings (SSSR count). The molecule has 2 amide bonds. The van der Waals surface area contributed by atoms with Crippen molar-refractivity contribution in [3.8, 4) is 0 Å². The minimum Gasteiger partial charge on any atom is -0.350 e. The van der Waals surface area contributed by atoms with Crippen molar-refractivity contribution in [1.29, 1.82) is 0 Å². The lowest BCUT2D eigenvalue weighted by atomic mass is 10.0. The molecule has 12 nitrogen and oxygen atoms in total. The molecule has 0 spiro atoms. The van der Waals surface area contributed by atoms with Gasteiger partial charge in [-0.2, -0.15) is 10.1 Å². The van der Waals surface area contributed by atoms with Crippen LogP contribution in [0.2, 0.25) is 0 Å². The van der Waals surface area contributed by atoms with Crippen molar-refractivity contribution >= 4 is 34.9 Å². The number of aromatic amines is 1. The summed E-state index contributed by atoms with van der Waals surface area (Å²) in [5.41, 5.74) is 1.99. The lowest BCUT2D eigenvalue weighted by Crippen LogP contribution is -2.54. The number of rotatable bonds is 8. The van der Waals surface area contributed by atoms with Gasteiger partial charge in [-0.05, 0) is 64.8 Å². The first kappa shape index (κ1) is 24.7. The highest BCUT2D eigenvalue weighted by atomic mass is 16.2. The molecule has 0 bridgehead atoms. The number of carbonyl (C=O) groups excluding carboxylic acids is 2. The molecule has 3 aromatic rings. The first-order valence-corrected chi connectivity index (χ1v) is 13.6. The topological polar surface area (TPSA) is 127 Å². The van der Waals surface area contributed by atoms with Crippen LogP contribution >= 0.6 is 0 Å². The summed E-state index contributed by atoms with van der Waals surface area (Å²) in [5.74, 6) is 2.55. The van der Waals surface area contributed by atoms with Crippen LogP contribution < -0.4 is 15.5 Å². The molecule has 3 aliphatic rings. The molecule has 12 heteroatoms. The maximum absolute atomic E-state index is 13.5. The first-order chi connectivity index (χ1) is 18.4. The summed E-state index contributed by atoms with van der Waals surface area (Å²) in [6, 6.07) is 5.54. The van der Waals surface area contributed by atoms with Crippen LogP contribution in [0.15, 0.2) is 24.4 Å². The second kappa shape index (κ2) is 10.2. The number of fused-ring (bicyclic) bond motifs is 1. The number of aromatic nitrogens is 5. The van der Waals surface area contributed by atoms with Crippen molar-refractivity contribution in [3.63, 3.8) is 0 Å². The second-order valence-corrected chi connectivity index (χ2v) is 11.0. The Bertz CT molecular complexity index is 1310. The van der Waals surface area contributed by atoms with Crippen LogP contribution in [0.1, 0.15) is 50.1 Å². The Kier molecular flexibility index (Phi) is 6.64. The summed E-state index contributed by atoms with van der Waals surface area (Å²) in [5, 5.41) is 18.9. The molecule has 1 unspecified atom stereocenters. The van der Waals surface area contributed by atoms with Gasteiger partial charge in [0.25, 0.3) is 0 Å². The Hall–Kier alpha value is -3.67. The number of likely N-dealkylation sites (tertiary alicyclic amines) is 1. The van der Waals surface area contributed by atoms with E-state index in [4.69, 9.17) is 10.1 Å². The molecule has 2 saturated heterocycles. The zero-order valence-corrected chi connectivity index (χ0v) is 22.1. The van der Waals surface area contributed by atoms with Crippen molar-refractivity contribution in [3.05, 3.63) is 30.1 Å². The maximum atomic E-state index is 13.5. The molecule has 3 aromatic heterocycles. The minimum absolute atomic E-state index is 0.0264. The van der Waals surface area contributed by atoms with Crippen molar-refractivity contribution in [1.82, 2.24) is 39.9 Å². The van der Waals surface area contributed by atoms with Gasteiger partial charge in [0, 0.05) is 49.6 Å². The highest BCUT2D eigenvalue weighted by Gasteiger charge is 2.35. The van der Waals surface area contributed by atoms with E-state index in [0.717, 1.165) is 49.3 Å². The molecule has 3 N–H and O–H groups in total. The lowest BCUT2D eigenvalue weighted by molar-refractivity contribution is -0.134. The molecule has 3 fully saturated rings. The third-order valence-electron chi connectivity index (χ3n) is 7.63. The van der Waals surface area contributed by atoms with Crippen LogP contribution in [0.4, 0.5) is 17.6 Å². The van der Waals surface area contributed by atoms with Crippen LogP contribution in [0.25, 0.3) is 5.52 Å². The van der Waals surface area contributed by atoms with Gasteiger partial charge in [-0.3, -0.25) is 14.7 Å². The number of carbonyl (C=O) groups is 2. The number of hydrogen-bond acceptors (Lipinski definition) is 8. The average molecular weight is 521 g/mol. The van der Waals surface area contributed by atoms with Gasteiger partial charge in [-0.15, -0.1) is 5.10 Å². The second-order valence-electron chi connectivity index (χ2n) is 11.0. The van der Waals surface area contributed by atoms with Gasteiger partial charge in [0.15, 0.2) is 11.6 Å². The van der Waals surface area contributed by atoms with Gasteiger partial charge >= 0.3 is 0 Å². The monoisotopic (exact) mass is 520 g/mol. The van der Waals surface area contributed by atoms with E-state index < -0.39 is 0 Å². The van der Waals surface area contributed by atoms with E-state index in [1.54, 1.807) is 4.52 Å². The molecule has 0 radical (unpaired) electrons. The number of hydrogen-bond donors (Lipinski definition) is 3. The molecule has 38 heavy (non-hydrogen) atoms. The molecule has 0 aromatic carbocycles. The Morgan fingerprint density at radius 2 is 2.00 bits per heavy atom. The van der Waals surface area contributed by atoms with Gasteiger partial charge in [0.05, 0.1) is 6.54 Å². The van der Waals surface area contributed by atoms with E-state index in [9.17, 15) is 9.59 Å². The quantitative estimate of drug-likeness (QED) is 0.410. The van der Waals surface area contributed by atoms with Crippen molar-refractivity contribution in [2.75, 3.05) is 50.5 Å². The summed E-state index contributed by atoms with van der Waals surface area (Å²) >= 11 is 0. The fourth-order valence-electron chi connectivity index (χ4n) is 5.53. The standard InChI is InChI=1S/C26H36N10O2/c1-33(2)16-23(37)34-11-3-6-18(15-34)27-25(38)21-8-4-12-35(21)26-29-24(20-7-5-13-36(20)32-26)28-22-14-19(30-31-22)17-9-10-17/h5,7,13-14,17-18,21H,3-4,6,8-12,15-16H2,1-2H3,(H,27,38)(H2,28,29,30,31,32)/t18?,21-/m0/s1. The van der Waals surface area contributed by atoms with Crippen LogP contribution in [-0.2, 0) is 9.59 Å². The fraction of sp³-hybridized carbons (Fsp3) is 0.577. The Morgan fingerprint density at radius 1 is 1.16 bits per heavy atom. The number of likely N-dealkylation sites (N-methyl/N-ethyl adjacent to an activating group) is 1. The Balaban J connectivity index is 1.17. The smallest absolute Gasteiger partial charge is 0.246 e. The van der Waals surface area contributed by atoms with Crippen molar-refractivity contribution in [2.24, 2.45) is 0 Å². The van der Waals surface area contributed by atoms with E-state index in [-0.39, 0.29) is 23.9 Å². The van der Waals surface area contributed by atoms with Gasteiger partial charge in [-0.1, -0.05) is 0 Å². The summed E-state index contributed by atoms with van der Waals surface area (Å²) in [4.78, 5) is 36.6. The van der Waals surface area contributed by atoms with Crippen LogP contribution in [0, 0.1) is 0 Å². The number of H-pyrrole nitrogens is 1. The number of anilines is 3. The maximum Gasteiger partial charge on any atom is 0.246 e. The van der Waals surface area contributed by atoms with Gasteiger partial charge in [0.1, 0.15) is 11.6 Å². The predicted molar refractivity (Wildman–Crippen MR) is 143 cm³/mol. The minimum atomic E-state index is -0.351. The molecule has 202 valence electrons. The lowest BCUT2D eigenvalue weighted by Gasteiger charge is -2.35.